The molecule has 1 aromatic rings. The molecule has 4 heteroatoms. The minimum Gasteiger partial charge on any atom is -0.366 e. The summed E-state index contributed by atoms with van der Waals surface area (Å²) in [5.41, 5.74) is 0.586. The zero-order valence-corrected chi connectivity index (χ0v) is 11.6. The third-order valence-electron chi connectivity index (χ3n) is 3.02. The van der Waals surface area contributed by atoms with Gasteiger partial charge in [-0.25, -0.2) is 0 Å². The standard InChI is InChI=1S/C14H19ClO3/c1-3-13-16-9-14(2,10-17-13)18-8-11-6-4-5-7-12(11)15/h4-7,13H,3,8-10H2,1-2H3/t13-,14+. The van der Waals surface area contributed by atoms with Crippen molar-refractivity contribution < 1.29 is 14.2 Å². The van der Waals surface area contributed by atoms with E-state index >= 15 is 0 Å². The monoisotopic (exact) mass is 270 g/mol. The summed E-state index contributed by atoms with van der Waals surface area (Å²) in [6.07, 6.45) is 0.766. The van der Waals surface area contributed by atoms with Crippen LogP contribution in [0.15, 0.2) is 24.3 Å². The van der Waals surface area contributed by atoms with Crippen LogP contribution in [0.4, 0.5) is 0 Å². The van der Waals surface area contributed by atoms with Crippen LogP contribution < -0.4 is 0 Å². The second kappa shape index (κ2) is 6.02. The SMILES string of the molecule is CC[C@H]1OC[C@@](C)(OCc2ccccc2Cl)CO1. The highest BCUT2D eigenvalue weighted by Gasteiger charge is 2.33. The van der Waals surface area contributed by atoms with E-state index in [2.05, 4.69) is 0 Å². The lowest BCUT2D eigenvalue weighted by Crippen LogP contribution is -2.46. The maximum atomic E-state index is 6.09. The highest BCUT2D eigenvalue weighted by Crippen LogP contribution is 2.24. The van der Waals surface area contributed by atoms with Gasteiger partial charge in [0.2, 0.25) is 0 Å². The molecule has 1 fully saturated rings. The lowest BCUT2D eigenvalue weighted by Gasteiger charge is -2.37. The molecule has 1 heterocycles. The summed E-state index contributed by atoms with van der Waals surface area (Å²) in [5, 5.41) is 0.727. The van der Waals surface area contributed by atoms with Gasteiger partial charge in [-0.2, -0.15) is 0 Å². The molecule has 100 valence electrons. The molecule has 0 bridgehead atoms. The predicted octanol–water partition coefficient (Wildman–Crippen LogP) is 3.40. The molecule has 1 aliphatic rings. The molecular formula is C14H19ClO3. The van der Waals surface area contributed by atoms with E-state index in [1.54, 1.807) is 0 Å². The Hall–Kier alpha value is -0.610. The fourth-order valence-corrected chi connectivity index (χ4v) is 2.00. The maximum Gasteiger partial charge on any atom is 0.157 e. The largest absolute Gasteiger partial charge is 0.366 e. The Kier molecular flexibility index (Phi) is 4.62. The van der Waals surface area contributed by atoms with E-state index in [0.29, 0.717) is 19.8 Å². The third-order valence-corrected chi connectivity index (χ3v) is 3.39. The number of ether oxygens (including phenoxy) is 3. The molecule has 1 aromatic carbocycles. The first kappa shape index (κ1) is 13.8. The van der Waals surface area contributed by atoms with Gasteiger partial charge in [-0.3, -0.25) is 0 Å². The number of hydrogen-bond donors (Lipinski definition) is 0. The minimum atomic E-state index is -0.398. The summed E-state index contributed by atoms with van der Waals surface area (Å²) >= 11 is 6.09. The molecule has 3 nitrogen and oxygen atoms in total. The summed E-state index contributed by atoms with van der Waals surface area (Å²) in [4.78, 5) is 0. The van der Waals surface area contributed by atoms with Gasteiger partial charge in [-0.15, -0.1) is 0 Å². The van der Waals surface area contributed by atoms with Crippen LogP contribution in [0, 0.1) is 0 Å². The van der Waals surface area contributed by atoms with Gasteiger partial charge in [-0.1, -0.05) is 36.7 Å². The molecule has 0 aliphatic carbocycles. The van der Waals surface area contributed by atoms with Gasteiger partial charge in [0.15, 0.2) is 6.29 Å². The molecule has 0 radical (unpaired) electrons. The number of halogens is 1. The van der Waals surface area contributed by atoms with Crippen molar-refractivity contribution >= 4 is 11.6 Å². The van der Waals surface area contributed by atoms with Crippen LogP contribution in [0.25, 0.3) is 0 Å². The van der Waals surface area contributed by atoms with E-state index in [9.17, 15) is 0 Å². The second-order valence-corrected chi connectivity index (χ2v) is 5.20. The lowest BCUT2D eigenvalue weighted by atomic mass is 10.1. The second-order valence-electron chi connectivity index (χ2n) is 4.79. The van der Waals surface area contributed by atoms with E-state index in [4.69, 9.17) is 25.8 Å². The Morgan fingerprint density at radius 3 is 2.61 bits per heavy atom. The van der Waals surface area contributed by atoms with Gasteiger partial charge in [-0.05, 0) is 25.0 Å². The van der Waals surface area contributed by atoms with Crippen LogP contribution in [0.1, 0.15) is 25.8 Å². The van der Waals surface area contributed by atoms with Crippen LogP contribution >= 0.6 is 11.6 Å². The number of hydrogen-bond acceptors (Lipinski definition) is 3. The molecule has 0 aromatic heterocycles. The van der Waals surface area contributed by atoms with E-state index in [0.717, 1.165) is 17.0 Å². The molecule has 0 unspecified atom stereocenters. The van der Waals surface area contributed by atoms with Gasteiger partial charge >= 0.3 is 0 Å². The summed E-state index contributed by atoms with van der Waals surface area (Å²) in [6, 6.07) is 7.69. The minimum absolute atomic E-state index is 0.0954. The van der Waals surface area contributed by atoms with E-state index in [-0.39, 0.29) is 6.29 Å². The third kappa shape index (κ3) is 3.45. The average molecular weight is 271 g/mol. The van der Waals surface area contributed by atoms with Gasteiger partial charge < -0.3 is 14.2 Å². The van der Waals surface area contributed by atoms with Crippen LogP contribution in [0.2, 0.25) is 5.02 Å². The van der Waals surface area contributed by atoms with Gasteiger partial charge in [0.25, 0.3) is 0 Å². The first-order valence-electron chi connectivity index (χ1n) is 6.23. The molecule has 0 spiro atoms. The smallest absolute Gasteiger partial charge is 0.157 e. The summed E-state index contributed by atoms with van der Waals surface area (Å²) < 4.78 is 17.1. The average Bonchev–Trinajstić information content (AvgIpc) is 2.39. The molecule has 18 heavy (non-hydrogen) atoms. The molecule has 1 saturated heterocycles. The number of benzene rings is 1. The maximum absolute atomic E-state index is 6.09. The summed E-state index contributed by atoms with van der Waals surface area (Å²) in [5.74, 6) is 0. The van der Waals surface area contributed by atoms with Gasteiger partial charge in [0, 0.05) is 5.02 Å². The molecule has 0 saturated carbocycles. The Morgan fingerprint density at radius 1 is 1.33 bits per heavy atom. The fraction of sp³-hybridized carbons (Fsp3) is 0.571. The normalized spacial score (nSPS) is 28.3. The highest BCUT2D eigenvalue weighted by molar-refractivity contribution is 6.31. The Labute approximate surface area is 113 Å². The zero-order valence-electron chi connectivity index (χ0n) is 10.8. The first-order chi connectivity index (χ1) is 8.63. The van der Waals surface area contributed by atoms with Crippen molar-refractivity contribution in [2.45, 2.75) is 38.8 Å². The fourth-order valence-electron chi connectivity index (χ4n) is 1.81. The topological polar surface area (TPSA) is 27.7 Å². The lowest BCUT2D eigenvalue weighted by molar-refractivity contribution is -0.263. The highest BCUT2D eigenvalue weighted by atomic mass is 35.5. The van der Waals surface area contributed by atoms with Crippen molar-refractivity contribution in [2.24, 2.45) is 0 Å². The molecule has 0 atom stereocenters. The van der Waals surface area contributed by atoms with E-state index < -0.39 is 5.60 Å². The van der Waals surface area contributed by atoms with E-state index in [1.807, 2.05) is 38.1 Å². The Morgan fingerprint density at radius 2 is 2.00 bits per heavy atom. The van der Waals surface area contributed by atoms with Gasteiger partial charge in [0.1, 0.15) is 5.60 Å². The first-order valence-corrected chi connectivity index (χ1v) is 6.61. The predicted molar refractivity (Wildman–Crippen MR) is 70.6 cm³/mol. The van der Waals surface area contributed by atoms with Crippen molar-refractivity contribution in [1.82, 2.24) is 0 Å². The van der Waals surface area contributed by atoms with E-state index in [1.165, 1.54) is 0 Å². The van der Waals surface area contributed by atoms with Crippen LogP contribution in [-0.4, -0.2) is 25.1 Å². The van der Waals surface area contributed by atoms with Crippen molar-refractivity contribution in [3.63, 3.8) is 0 Å². The Balaban J connectivity index is 1.88. The van der Waals surface area contributed by atoms with Crippen molar-refractivity contribution in [1.29, 1.82) is 0 Å². The summed E-state index contributed by atoms with van der Waals surface area (Å²) in [7, 11) is 0. The van der Waals surface area contributed by atoms with Crippen molar-refractivity contribution in [3.05, 3.63) is 34.9 Å². The quantitative estimate of drug-likeness (QED) is 0.839. The molecule has 0 amide bonds. The molecule has 0 N–H and O–H groups in total. The molecular weight excluding hydrogens is 252 g/mol. The van der Waals surface area contributed by atoms with Crippen LogP contribution in [-0.2, 0) is 20.8 Å². The Bertz CT molecular complexity index is 386. The summed E-state index contributed by atoms with van der Waals surface area (Å²) in [6.45, 7) is 5.61. The number of rotatable bonds is 4. The zero-order chi connectivity index (χ0) is 13.0. The van der Waals surface area contributed by atoms with Crippen molar-refractivity contribution in [3.8, 4) is 0 Å². The van der Waals surface area contributed by atoms with Crippen molar-refractivity contribution in [2.75, 3.05) is 13.2 Å². The van der Waals surface area contributed by atoms with Crippen LogP contribution in [0.3, 0.4) is 0 Å². The van der Waals surface area contributed by atoms with Crippen LogP contribution in [0.5, 0.6) is 0 Å². The molecule has 1 aliphatic heterocycles. The molecule has 2 rings (SSSR count). The van der Waals surface area contributed by atoms with Gasteiger partial charge in [0.05, 0.1) is 19.8 Å².